The Bertz CT molecular complexity index is 319. The van der Waals surface area contributed by atoms with Gasteiger partial charge in [-0.05, 0) is 20.1 Å². The normalized spacial score (nSPS) is 10.1. The van der Waals surface area contributed by atoms with Crippen LogP contribution in [0.15, 0.2) is 9.82 Å². The van der Waals surface area contributed by atoms with Gasteiger partial charge in [0.15, 0.2) is 0 Å². The molecule has 0 aromatic carbocycles. The van der Waals surface area contributed by atoms with Gasteiger partial charge in [-0.25, -0.2) is 4.98 Å². The summed E-state index contributed by atoms with van der Waals surface area (Å²) in [5.74, 6) is 0.671. The molecule has 1 aromatic heterocycles. The van der Waals surface area contributed by atoms with Crippen molar-refractivity contribution >= 4 is 11.8 Å². The first-order valence-corrected chi connectivity index (χ1v) is 4.49. The second kappa shape index (κ2) is 3.09. The van der Waals surface area contributed by atoms with E-state index in [4.69, 9.17) is 0 Å². The van der Waals surface area contributed by atoms with E-state index in [1.54, 1.807) is 13.8 Å². The maximum atomic E-state index is 11.1. The lowest BCUT2D eigenvalue weighted by molar-refractivity contribution is 0.910. The fraction of sp³-hybridized carbons (Fsp3) is 0.429. The number of thioether (sulfide) groups is 1. The van der Waals surface area contributed by atoms with Gasteiger partial charge in [0.25, 0.3) is 5.56 Å². The van der Waals surface area contributed by atoms with Crippen LogP contribution in [0, 0.1) is 13.8 Å². The van der Waals surface area contributed by atoms with Gasteiger partial charge in [0.1, 0.15) is 10.9 Å². The molecule has 0 fully saturated rings. The van der Waals surface area contributed by atoms with Crippen LogP contribution in [0.2, 0.25) is 0 Å². The van der Waals surface area contributed by atoms with Crippen LogP contribution in [0.5, 0.6) is 0 Å². The predicted molar refractivity (Wildman–Crippen MR) is 46.1 cm³/mol. The van der Waals surface area contributed by atoms with Crippen molar-refractivity contribution < 1.29 is 0 Å². The van der Waals surface area contributed by atoms with Crippen LogP contribution in [-0.4, -0.2) is 16.2 Å². The highest BCUT2D eigenvalue weighted by atomic mass is 32.2. The van der Waals surface area contributed by atoms with E-state index in [9.17, 15) is 4.79 Å². The summed E-state index contributed by atoms with van der Waals surface area (Å²) >= 11 is 1.49. The van der Waals surface area contributed by atoms with Crippen molar-refractivity contribution in [3.05, 3.63) is 21.7 Å². The van der Waals surface area contributed by atoms with E-state index in [1.807, 2.05) is 6.26 Å². The lowest BCUT2D eigenvalue weighted by atomic mass is 10.4. The zero-order valence-corrected chi connectivity index (χ0v) is 7.58. The molecule has 0 spiro atoms. The molecule has 1 heterocycles. The minimum Gasteiger partial charge on any atom is -0.310 e. The van der Waals surface area contributed by atoms with Crippen LogP contribution >= 0.6 is 11.8 Å². The first kappa shape index (κ1) is 8.33. The van der Waals surface area contributed by atoms with Crippen molar-refractivity contribution in [3.63, 3.8) is 0 Å². The van der Waals surface area contributed by atoms with Gasteiger partial charge >= 0.3 is 0 Å². The molecule has 1 rings (SSSR count). The zero-order valence-electron chi connectivity index (χ0n) is 6.76. The molecule has 0 bridgehead atoms. The molecule has 0 atom stereocenters. The number of rotatable bonds is 1. The Kier molecular flexibility index (Phi) is 2.34. The number of hydrogen-bond acceptors (Lipinski definition) is 3. The number of nitrogens with one attached hydrogen (secondary N) is 1. The van der Waals surface area contributed by atoms with Crippen LogP contribution in [0.4, 0.5) is 0 Å². The van der Waals surface area contributed by atoms with Crippen LogP contribution in [0.1, 0.15) is 11.4 Å². The Labute approximate surface area is 69.3 Å². The van der Waals surface area contributed by atoms with Crippen LogP contribution in [-0.2, 0) is 0 Å². The Balaban J connectivity index is 3.36. The first-order valence-electron chi connectivity index (χ1n) is 3.26. The Hall–Kier alpha value is -0.770. The second-order valence-electron chi connectivity index (χ2n) is 2.29. The van der Waals surface area contributed by atoms with Crippen LogP contribution in [0.25, 0.3) is 0 Å². The van der Waals surface area contributed by atoms with Crippen molar-refractivity contribution in [1.82, 2.24) is 9.97 Å². The number of hydrogen-bond donors (Lipinski definition) is 1. The number of nitrogens with zero attached hydrogens (tertiary/aromatic N) is 1. The third-order valence-electron chi connectivity index (χ3n) is 1.42. The molecule has 0 radical (unpaired) electrons. The molecular formula is C7H10N2OS. The molecule has 3 nitrogen and oxygen atoms in total. The average molecular weight is 170 g/mol. The van der Waals surface area contributed by atoms with Gasteiger partial charge in [0.05, 0.1) is 0 Å². The number of aromatic nitrogens is 2. The number of aryl methyl sites for hydroxylation is 1. The second-order valence-corrected chi connectivity index (χ2v) is 3.08. The minimum absolute atomic E-state index is 0.0400. The summed E-state index contributed by atoms with van der Waals surface area (Å²) < 4.78 is 0. The maximum absolute atomic E-state index is 11.1. The predicted octanol–water partition coefficient (Wildman–Crippen LogP) is 1.11. The van der Waals surface area contributed by atoms with Crippen molar-refractivity contribution in [2.75, 3.05) is 6.26 Å². The highest BCUT2D eigenvalue weighted by Gasteiger charge is 2.02. The third-order valence-corrected chi connectivity index (χ3v) is 2.20. The van der Waals surface area contributed by atoms with E-state index in [0.29, 0.717) is 11.4 Å². The Morgan fingerprint density at radius 2 is 2.09 bits per heavy atom. The van der Waals surface area contributed by atoms with E-state index in [0.717, 1.165) is 5.03 Å². The van der Waals surface area contributed by atoms with Gasteiger partial charge in [-0.2, -0.15) is 0 Å². The molecule has 0 aliphatic carbocycles. The summed E-state index contributed by atoms with van der Waals surface area (Å²) in [6.07, 6.45) is 1.91. The Morgan fingerprint density at radius 3 is 2.64 bits per heavy atom. The van der Waals surface area contributed by atoms with Gasteiger partial charge in [-0.15, -0.1) is 11.8 Å². The number of H-pyrrole nitrogens is 1. The SMILES string of the molecule is CSc1nc(C)[nH]c(=O)c1C. The van der Waals surface area contributed by atoms with Crippen LogP contribution < -0.4 is 5.56 Å². The summed E-state index contributed by atoms with van der Waals surface area (Å²) in [4.78, 5) is 17.9. The first-order chi connectivity index (χ1) is 5.15. The molecule has 1 N–H and O–H groups in total. The van der Waals surface area contributed by atoms with Crippen molar-refractivity contribution in [1.29, 1.82) is 0 Å². The fourth-order valence-electron chi connectivity index (χ4n) is 0.818. The molecule has 0 aliphatic heterocycles. The lowest BCUT2D eigenvalue weighted by Crippen LogP contribution is -2.13. The highest BCUT2D eigenvalue weighted by Crippen LogP contribution is 2.12. The third kappa shape index (κ3) is 1.63. The van der Waals surface area contributed by atoms with Gasteiger partial charge in [0.2, 0.25) is 0 Å². The molecule has 60 valence electrons. The number of aromatic amines is 1. The van der Waals surface area contributed by atoms with E-state index in [-0.39, 0.29) is 5.56 Å². The van der Waals surface area contributed by atoms with Crippen molar-refractivity contribution in [2.24, 2.45) is 0 Å². The summed E-state index contributed by atoms with van der Waals surface area (Å²) in [7, 11) is 0. The quantitative estimate of drug-likeness (QED) is 0.507. The Morgan fingerprint density at radius 1 is 1.45 bits per heavy atom. The summed E-state index contributed by atoms with van der Waals surface area (Å²) in [6.45, 7) is 3.55. The molecule has 0 amide bonds. The van der Waals surface area contributed by atoms with Gasteiger partial charge in [0, 0.05) is 5.56 Å². The summed E-state index contributed by atoms with van der Waals surface area (Å²) in [6, 6.07) is 0. The largest absolute Gasteiger partial charge is 0.310 e. The summed E-state index contributed by atoms with van der Waals surface area (Å²) in [5, 5.41) is 0.811. The fourth-order valence-corrected chi connectivity index (χ4v) is 1.45. The molecule has 0 saturated heterocycles. The molecule has 4 heteroatoms. The minimum atomic E-state index is -0.0400. The molecular weight excluding hydrogens is 160 g/mol. The standard InChI is InChI=1S/C7H10N2OS/c1-4-6(10)8-5(2)9-7(4)11-3/h1-3H3,(H,8,9,10). The van der Waals surface area contributed by atoms with Crippen molar-refractivity contribution in [2.45, 2.75) is 18.9 Å². The lowest BCUT2D eigenvalue weighted by Gasteiger charge is -2.00. The van der Waals surface area contributed by atoms with Crippen LogP contribution in [0.3, 0.4) is 0 Å². The summed E-state index contributed by atoms with van der Waals surface area (Å²) in [5.41, 5.74) is 0.657. The van der Waals surface area contributed by atoms with Gasteiger partial charge in [-0.1, -0.05) is 0 Å². The van der Waals surface area contributed by atoms with E-state index < -0.39 is 0 Å². The van der Waals surface area contributed by atoms with Crippen molar-refractivity contribution in [3.8, 4) is 0 Å². The monoisotopic (exact) mass is 170 g/mol. The van der Waals surface area contributed by atoms with E-state index in [2.05, 4.69) is 9.97 Å². The molecule has 0 aliphatic rings. The molecule has 0 saturated carbocycles. The maximum Gasteiger partial charge on any atom is 0.254 e. The topological polar surface area (TPSA) is 45.8 Å². The smallest absolute Gasteiger partial charge is 0.254 e. The average Bonchev–Trinajstić information content (AvgIpc) is 1.96. The zero-order chi connectivity index (χ0) is 8.43. The van der Waals surface area contributed by atoms with Gasteiger partial charge < -0.3 is 4.98 Å². The molecule has 1 aromatic rings. The highest BCUT2D eigenvalue weighted by molar-refractivity contribution is 7.98. The molecule has 11 heavy (non-hydrogen) atoms. The van der Waals surface area contributed by atoms with Gasteiger partial charge in [-0.3, -0.25) is 4.79 Å². The molecule has 0 unspecified atom stereocenters. The van der Waals surface area contributed by atoms with E-state index in [1.165, 1.54) is 11.8 Å². The van der Waals surface area contributed by atoms with E-state index >= 15 is 0 Å².